The summed E-state index contributed by atoms with van der Waals surface area (Å²) in [7, 11) is 0. The number of allylic oxidation sites excluding steroid dienone is 6. The van der Waals surface area contributed by atoms with Crippen LogP contribution >= 0.6 is 0 Å². The molecule has 3 rings (SSSR count). The molecule has 0 radical (unpaired) electrons. The van der Waals surface area contributed by atoms with Gasteiger partial charge in [0.2, 0.25) is 5.91 Å². The topological polar surface area (TPSA) is 32.3 Å². The molecule has 1 N–H and O–H groups in total. The molecule has 1 amide bonds. The molecule has 0 bridgehead atoms. The third kappa shape index (κ3) is 1.84. The van der Waals surface area contributed by atoms with E-state index in [1.165, 1.54) is 18.2 Å². The summed E-state index contributed by atoms with van der Waals surface area (Å²) in [6.45, 7) is 1.52. The summed E-state index contributed by atoms with van der Waals surface area (Å²) < 4.78 is 0. The van der Waals surface area contributed by atoms with Crippen molar-refractivity contribution in [3.05, 3.63) is 71.8 Å². The van der Waals surface area contributed by atoms with Crippen LogP contribution in [0.3, 0.4) is 0 Å². The number of nitrogens with zero attached hydrogens (tertiary/aromatic N) is 1. The van der Waals surface area contributed by atoms with Crippen LogP contribution in [0.1, 0.15) is 6.92 Å². The molecule has 90 valence electrons. The van der Waals surface area contributed by atoms with E-state index in [4.69, 9.17) is 0 Å². The summed E-state index contributed by atoms with van der Waals surface area (Å²) in [5.41, 5.74) is 3.22. The Kier molecular flexibility index (Phi) is 2.52. The van der Waals surface area contributed by atoms with Gasteiger partial charge in [0.15, 0.2) is 0 Å². The largest absolute Gasteiger partial charge is 0.337 e. The zero-order valence-electron chi connectivity index (χ0n) is 10.1. The molecular weight excluding hydrogens is 224 g/mol. The maximum Gasteiger partial charge on any atom is 0.221 e. The first-order valence-electron chi connectivity index (χ1n) is 5.96. The van der Waals surface area contributed by atoms with Crippen LogP contribution in [0.4, 0.5) is 0 Å². The standard InChI is InChI=1S/C15H14N2O/c1-11(18)16-13-6-8-15-12(10-13)5-7-14-4-2-3-9-17(14)15/h2-10,15H,1H3,(H,16,18). The van der Waals surface area contributed by atoms with E-state index in [1.807, 2.05) is 24.3 Å². The van der Waals surface area contributed by atoms with Crippen molar-refractivity contribution in [1.82, 2.24) is 10.2 Å². The summed E-state index contributed by atoms with van der Waals surface area (Å²) in [6.07, 6.45) is 18.5. The van der Waals surface area contributed by atoms with Crippen molar-refractivity contribution in [2.45, 2.75) is 13.0 Å². The molecule has 2 aliphatic heterocycles. The molecule has 1 unspecified atom stereocenters. The molecule has 0 fully saturated rings. The lowest BCUT2D eigenvalue weighted by atomic mass is 9.94. The van der Waals surface area contributed by atoms with Crippen LogP contribution in [0.15, 0.2) is 71.8 Å². The smallest absolute Gasteiger partial charge is 0.221 e. The van der Waals surface area contributed by atoms with E-state index in [9.17, 15) is 4.79 Å². The first-order chi connectivity index (χ1) is 8.74. The molecule has 3 nitrogen and oxygen atoms in total. The quantitative estimate of drug-likeness (QED) is 0.759. The third-order valence-electron chi connectivity index (χ3n) is 3.11. The number of carbonyl (C=O) groups is 1. The van der Waals surface area contributed by atoms with Gasteiger partial charge in [0.05, 0.1) is 6.04 Å². The number of nitrogens with one attached hydrogen (secondary N) is 1. The Labute approximate surface area is 106 Å². The number of amides is 1. The van der Waals surface area contributed by atoms with E-state index in [0.717, 1.165) is 5.70 Å². The number of hydrogen-bond acceptors (Lipinski definition) is 2. The highest BCUT2D eigenvalue weighted by atomic mass is 16.1. The Morgan fingerprint density at radius 3 is 3.00 bits per heavy atom. The first-order valence-corrected chi connectivity index (χ1v) is 5.96. The van der Waals surface area contributed by atoms with Crippen molar-refractivity contribution in [3.63, 3.8) is 0 Å². The Morgan fingerprint density at radius 1 is 1.28 bits per heavy atom. The van der Waals surface area contributed by atoms with Crippen molar-refractivity contribution < 1.29 is 4.79 Å². The van der Waals surface area contributed by atoms with Gasteiger partial charge in [0, 0.05) is 24.5 Å². The third-order valence-corrected chi connectivity index (χ3v) is 3.11. The lowest BCUT2D eigenvalue weighted by Crippen LogP contribution is -2.34. The molecule has 0 aromatic carbocycles. The summed E-state index contributed by atoms with van der Waals surface area (Å²) in [5.74, 6) is -0.0437. The van der Waals surface area contributed by atoms with Crippen molar-refractivity contribution in [2.24, 2.45) is 0 Å². The number of rotatable bonds is 1. The predicted octanol–water partition coefficient (Wildman–Crippen LogP) is 2.15. The Hall–Kier alpha value is -2.29. The highest BCUT2D eigenvalue weighted by Crippen LogP contribution is 2.29. The van der Waals surface area contributed by atoms with Crippen molar-refractivity contribution in [2.75, 3.05) is 0 Å². The van der Waals surface area contributed by atoms with Gasteiger partial charge in [0.1, 0.15) is 0 Å². The lowest BCUT2D eigenvalue weighted by molar-refractivity contribution is -0.118. The van der Waals surface area contributed by atoms with E-state index >= 15 is 0 Å². The zero-order valence-corrected chi connectivity index (χ0v) is 10.1. The molecule has 0 aromatic heterocycles. The molecule has 0 saturated heterocycles. The maximum atomic E-state index is 11.1. The molecule has 2 heterocycles. The second-order valence-electron chi connectivity index (χ2n) is 4.45. The Bertz CT molecular complexity index is 573. The number of fused-ring (bicyclic) bond motifs is 3. The minimum atomic E-state index is -0.0437. The van der Waals surface area contributed by atoms with Gasteiger partial charge in [-0.25, -0.2) is 0 Å². The van der Waals surface area contributed by atoms with Crippen LogP contribution in [-0.2, 0) is 4.79 Å². The fourth-order valence-electron chi connectivity index (χ4n) is 2.35. The number of carbonyl (C=O) groups excluding carboxylic acids is 1. The van der Waals surface area contributed by atoms with Gasteiger partial charge in [-0.2, -0.15) is 0 Å². The van der Waals surface area contributed by atoms with Gasteiger partial charge in [-0.3, -0.25) is 4.79 Å². The summed E-state index contributed by atoms with van der Waals surface area (Å²) >= 11 is 0. The molecule has 0 spiro atoms. The van der Waals surface area contributed by atoms with Crippen LogP contribution in [0, 0.1) is 0 Å². The normalized spacial score (nSPS) is 23.7. The van der Waals surface area contributed by atoms with Crippen LogP contribution in [0.2, 0.25) is 0 Å². The van der Waals surface area contributed by atoms with Gasteiger partial charge < -0.3 is 10.2 Å². The highest BCUT2D eigenvalue weighted by Gasteiger charge is 2.24. The summed E-state index contributed by atoms with van der Waals surface area (Å²) in [6, 6.07) is 0.226. The van der Waals surface area contributed by atoms with Gasteiger partial charge >= 0.3 is 0 Å². The molecule has 0 aromatic rings. The van der Waals surface area contributed by atoms with E-state index in [-0.39, 0.29) is 11.9 Å². The molecular formula is C15H14N2O. The van der Waals surface area contributed by atoms with Crippen LogP contribution in [0.5, 0.6) is 0 Å². The highest BCUT2D eigenvalue weighted by molar-refractivity contribution is 5.76. The van der Waals surface area contributed by atoms with Crippen LogP contribution in [-0.4, -0.2) is 16.8 Å². The minimum Gasteiger partial charge on any atom is -0.337 e. The second kappa shape index (κ2) is 4.18. The van der Waals surface area contributed by atoms with Crippen molar-refractivity contribution in [1.29, 1.82) is 0 Å². The second-order valence-corrected chi connectivity index (χ2v) is 4.45. The van der Waals surface area contributed by atoms with Gasteiger partial charge in [-0.1, -0.05) is 18.2 Å². The molecule has 0 saturated carbocycles. The Morgan fingerprint density at radius 2 is 2.17 bits per heavy atom. The average Bonchev–Trinajstić information content (AvgIpc) is 2.37. The molecule has 3 heteroatoms. The molecule has 18 heavy (non-hydrogen) atoms. The maximum absolute atomic E-state index is 11.1. The van der Waals surface area contributed by atoms with Gasteiger partial charge in [-0.05, 0) is 36.0 Å². The fourth-order valence-corrected chi connectivity index (χ4v) is 2.35. The lowest BCUT2D eigenvalue weighted by Gasteiger charge is -2.35. The van der Waals surface area contributed by atoms with Crippen LogP contribution in [0.25, 0.3) is 0 Å². The minimum absolute atomic E-state index is 0.0437. The van der Waals surface area contributed by atoms with E-state index in [2.05, 4.69) is 40.7 Å². The van der Waals surface area contributed by atoms with E-state index in [0.29, 0.717) is 0 Å². The van der Waals surface area contributed by atoms with Gasteiger partial charge in [0.25, 0.3) is 0 Å². The zero-order chi connectivity index (χ0) is 12.5. The SMILES string of the molecule is CC(=O)NC1=CC2=CC=C3C=CC=CN3C2C=C1. The first kappa shape index (κ1) is 10.8. The summed E-state index contributed by atoms with van der Waals surface area (Å²) in [4.78, 5) is 13.3. The molecule has 3 aliphatic rings. The van der Waals surface area contributed by atoms with Crippen molar-refractivity contribution in [3.8, 4) is 0 Å². The van der Waals surface area contributed by atoms with Gasteiger partial charge in [-0.15, -0.1) is 0 Å². The fraction of sp³-hybridized carbons (Fsp3) is 0.133. The summed E-state index contributed by atoms with van der Waals surface area (Å²) in [5, 5.41) is 2.81. The average molecular weight is 238 g/mol. The predicted molar refractivity (Wildman–Crippen MR) is 71.1 cm³/mol. The number of hydrogen-bond donors (Lipinski definition) is 1. The monoisotopic (exact) mass is 238 g/mol. The molecule has 1 atom stereocenters. The van der Waals surface area contributed by atoms with Crippen LogP contribution < -0.4 is 5.32 Å². The van der Waals surface area contributed by atoms with E-state index in [1.54, 1.807) is 0 Å². The Balaban J connectivity index is 1.92. The van der Waals surface area contributed by atoms with Crippen molar-refractivity contribution >= 4 is 5.91 Å². The van der Waals surface area contributed by atoms with E-state index < -0.39 is 0 Å². The molecule has 1 aliphatic carbocycles.